The van der Waals surface area contributed by atoms with Gasteiger partial charge in [0.25, 0.3) is 0 Å². The number of halogens is 1. The summed E-state index contributed by atoms with van der Waals surface area (Å²) in [5.74, 6) is 0.453. The van der Waals surface area contributed by atoms with Gasteiger partial charge in [-0.3, -0.25) is 4.79 Å². The molecule has 0 unspecified atom stereocenters. The number of benzene rings is 1. The van der Waals surface area contributed by atoms with Crippen LogP contribution in [-0.4, -0.2) is 11.7 Å². The van der Waals surface area contributed by atoms with E-state index in [1.165, 1.54) is 0 Å². The van der Waals surface area contributed by atoms with Gasteiger partial charge in [0.15, 0.2) is 0 Å². The largest absolute Gasteiger partial charge is 0.325 e. The second kappa shape index (κ2) is 6.23. The van der Waals surface area contributed by atoms with Crippen LogP contribution >= 0.6 is 39.0 Å². The maximum absolute atomic E-state index is 11.7. The van der Waals surface area contributed by atoms with Gasteiger partial charge >= 0.3 is 0 Å². The number of rotatable bonds is 4. The Balaban J connectivity index is 1.85. The van der Waals surface area contributed by atoms with Crippen molar-refractivity contribution in [3.05, 3.63) is 46.3 Å². The summed E-state index contributed by atoms with van der Waals surface area (Å²) in [7, 11) is 0. The first-order valence-corrected chi connectivity index (χ1v) is 7.61. The first-order chi connectivity index (χ1) is 8.24. The van der Waals surface area contributed by atoms with Crippen LogP contribution < -0.4 is 5.32 Å². The Morgan fingerprint density at radius 3 is 2.94 bits per heavy atom. The van der Waals surface area contributed by atoms with E-state index in [0.29, 0.717) is 5.75 Å². The third kappa shape index (κ3) is 4.18. The van der Waals surface area contributed by atoms with Crippen LogP contribution in [-0.2, 0) is 4.79 Å². The summed E-state index contributed by atoms with van der Waals surface area (Å²) in [4.78, 5) is 11.7. The van der Waals surface area contributed by atoms with Crippen molar-refractivity contribution in [1.29, 1.82) is 0 Å². The van der Waals surface area contributed by atoms with Crippen molar-refractivity contribution in [2.24, 2.45) is 0 Å². The number of anilines is 1. The molecule has 0 spiro atoms. The fraction of sp³-hybridized carbons (Fsp3) is 0.0833. The van der Waals surface area contributed by atoms with Crippen LogP contribution in [0.5, 0.6) is 0 Å². The summed E-state index contributed by atoms with van der Waals surface area (Å²) in [5.41, 5.74) is 0.816. The highest BCUT2D eigenvalue weighted by molar-refractivity contribution is 9.10. The highest BCUT2D eigenvalue weighted by atomic mass is 79.9. The lowest BCUT2D eigenvalue weighted by Gasteiger charge is -2.04. The van der Waals surface area contributed by atoms with E-state index in [4.69, 9.17) is 0 Å². The van der Waals surface area contributed by atoms with E-state index in [2.05, 4.69) is 21.2 Å². The Bertz CT molecular complexity index is 499. The van der Waals surface area contributed by atoms with Crippen LogP contribution in [0.25, 0.3) is 0 Å². The number of hydrogen-bond acceptors (Lipinski definition) is 3. The van der Waals surface area contributed by atoms with Gasteiger partial charge in [-0.1, -0.05) is 28.1 Å². The van der Waals surface area contributed by atoms with Crippen molar-refractivity contribution in [2.75, 3.05) is 11.1 Å². The van der Waals surface area contributed by atoms with Crippen LogP contribution in [0.1, 0.15) is 0 Å². The average Bonchev–Trinajstić information content (AvgIpc) is 2.79. The predicted octanol–water partition coefficient (Wildman–Crippen LogP) is 4.24. The SMILES string of the molecule is O=C(CSc1cccs1)Nc1cccc(Br)c1. The standard InChI is InChI=1S/C12H10BrNOS2/c13-9-3-1-4-10(7-9)14-11(15)8-17-12-5-2-6-16-12/h1-7H,8H2,(H,14,15). The second-order valence-electron chi connectivity index (χ2n) is 3.28. The zero-order valence-electron chi connectivity index (χ0n) is 8.85. The molecule has 0 fully saturated rings. The van der Waals surface area contributed by atoms with Gasteiger partial charge in [-0.25, -0.2) is 0 Å². The monoisotopic (exact) mass is 327 g/mol. The van der Waals surface area contributed by atoms with Crippen molar-refractivity contribution < 1.29 is 4.79 Å². The third-order valence-corrected chi connectivity index (χ3v) is 4.57. The van der Waals surface area contributed by atoms with E-state index in [1.807, 2.05) is 41.8 Å². The molecule has 1 aromatic carbocycles. The van der Waals surface area contributed by atoms with Crippen LogP contribution in [0.2, 0.25) is 0 Å². The van der Waals surface area contributed by atoms with Crippen LogP contribution in [0.3, 0.4) is 0 Å². The molecule has 0 aliphatic rings. The molecule has 0 saturated carbocycles. The summed E-state index contributed by atoms with van der Waals surface area (Å²) < 4.78 is 2.12. The van der Waals surface area contributed by atoms with E-state index < -0.39 is 0 Å². The Hall–Kier alpha value is -0.780. The van der Waals surface area contributed by atoms with E-state index >= 15 is 0 Å². The molecule has 5 heteroatoms. The minimum Gasteiger partial charge on any atom is -0.325 e. The highest BCUT2D eigenvalue weighted by Crippen LogP contribution is 2.23. The van der Waals surface area contributed by atoms with Gasteiger partial charge in [-0.15, -0.1) is 23.1 Å². The number of amides is 1. The van der Waals surface area contributed by atoms with Gasteiger partial charge in [0.1, 0.15) is 0 Å². The predicted molar refractivity (Wildman–Crippen MR) is 77.8 cm³/mol. The molecule has 1 aromatic heterocycles. The number of thioether (sulfide) groups is 1. The molecular weight excluding hydrogens is 318 g/mol. The number of hydrogen-bond donors (Lipinski definition) is 1. The lowest BCUT2D eigenvalue weighted by molar-refractivity contribution is -0.113. The van der Waals surface area contributed by atoms with Gasteiger partial charge in [-0.2, -0.15) is 0 Å². The van der Waals surface area contributed by atoms with E-state index in [-0.39, 0.29) is 5.91 Å². The van der Waals surface area contributed by atoms with Gasteiger partial charge in [0.2, 0.25) is 5.91 Å². The molecule has 2 aromatic rings. The van der Waals surface area contributed by atoms with E-state index in [9.17, 15) is 4.79 Å². The molecule has 0 aliphatic heterocycles. The molecule has 0 atom stereocenters. The first kappa shape index (κ1) is 12.7. The molecule has 0 bridgehead atoms. The van der Waals surface area contributed by atoms with Crippen LogP contribution in [0.4, 0.5) is 5.69 Å². The van der Waals surface area contributed by atoms with Gasteiger partial charge < -0.3 is 5.32 Å². The molecule has 2 nitrogen and oxygen atoms in total. The maximum atomic E-state index is 11.7. The normalized spacial score (nSPS) is 10.2. The minimum atomic E-state index is 0.0153. The minimum absolute atomic E-state index is 0.0153. The fourth-order valence-corrected chi connectivity index (χ4v) is 3.23. The number of thiophene rings is 1. The third-order valence-electron chi connectivity index (χ3n) is 1.95. The fourth-order valence-electron chi connectivity index (χ4n) is 1.25. The smallest absolute Gasteiger partial charge is 0.234 e. The molecule has 17 heavy (non-hydrogen) atoms. The average molecular weight is 328 g/mol. The summed E-state index contributed by atoms with van der Waals surface area (Å²) in [6, 6.07) is 11.6. The number of carbonyl (C=O) groups excluding carboxylic acids is 1. The topological polar surface area (TPSA) is 29.1 Å². The van der Waals surface area contributed by atoms with E-state index in [1.54, 1.807) is 23.1 Å². The van der Waals surface area contributed by atoms with Crippen LogP contribution in [0.15, 0.2) is 50.5 Å². The van der Waals surface area contributed by atoms with Crippen molar-refractivity contribution in [2.45, 2.75) is 4.21 Å². The summed E-state index contributed by atoms with van der Waals surface area (Å²) in [6.07, 6.45) is 0. The zero-order valence-corrected chi connectivity index (χ0v) is 12.1. The lowest BCUT2D eigenvalue weighted by atomic mass is 10.3. The molecule has 0 saturated heterocycles. The zero-order chi connectivity index (χ0) is 12.1. The van der Waals surface area contributed by atoms with Crippen molar-refractivity contribution >= 4 is 50.6 Å². The van der Waals surface area contributed by atoms with Crippen molar-refractivity contribution in [1.82, 2.24) is 0 Å². The van der Waals surface area contributed by atoms with Crippen LogP contribution in [0, 0.1) is 0 Å². The van der Waals surface area contributed by atoms with Crippen molar-refractivity contribution in [3.63, 3.8) is 0 Å². The molecule has 0 radical (unpaired) electrons. The summed E-state index contributed by atoms with van der Waals surface area (Å²) in [6.45, 7) is 0. The Kier molecular flexibility index (Phi) is 4.65. The number of carbonyl (C=O) groups is 1. The Labute approximate surface area is 117 Å². The van der Waals surface area contributed by atoms with Gasteiger partial charge in [-0.05, 0) is 29.6 Å². The summed E-state index contributed by atoms with van der Waals surface area (Å²) >= 11 is 6.57. The molecular formula is C12H10BrNOS2. The molecule has 0 aliphatic carbocycles. The number of nitrogens with one attached hydrogen (secondary N) is 1. The second-order valence-corrected chi connectivity index (χ2v) is 6.42. The molecule has 2 rings (SSSR count). The first-order valence-electron chi connectivity index (χ1n) is 4.96. The lowest BCUT2D eigenvalue weighted by Crippen LogP contribution is -2.13. The van der Waals surface area contributed by atoms with Gasteiger partial charge in [0.05, 0.1) is 9.96 Å². The Morgan fingerprint density at radius 2 is 2.24 bits per heavy atom. The quantitative estimate of drug-likeness (QED) is 0.851. The Morgan fingerprint density at radius 1 is 1.35 bits per heavy atom. The molecule has 88 valence electrons. The van der Waals surface area contributed by atoms with Crippen molar-refractivity contribution in [3.8, 4) is 0 Å². The molecule has 1 heterocycles. The van der Waals surface area contributed by atoms with E-state index in [0.717, 1.165) is 14.4 Å². The summed E-state index contributed by atoms with van der Waals surface area (Å²) in [5, 5.41) is 4.87. The molecule has 1 N–H and O–H groups in total. The highest BCUT2D eigenvalue weighted by Gasteiger charge is 2.04. The maximum Gasteiger partial charge on any atom is 0.234 e. The van der Waals surface area contributed by atoms with Gasteiger partial charge in [0, 0.05) is 10.2 Å². The molecule has 1 amide bonds.